The Kier molecular flexibility index (Phi) is 6.13. The first-order valence-electron chi connectivity index (χ1n) is 9.54. The fourth-order valence-electron chi connectivity index (χ4n) is 3.77. The Labute approximate surface area is 146 Å². The summed E-state index contributed by atoms with van der Waals surface area (Å²) in [5, 5.41) is 7.04. The summed E-state index contributed by atoms with van der Waals surface area (Å²) < 4.78 is 0. The molecule has 4 nitrogen and oxygen atoms in total. The summed E-state index contributed by atoms with van der Waals surface area (Å²) in [5.74, 6) is 1.59. The van der Waals surface area contributed by atoms with Crippen LogP contribution in [0.1, 0.15) is 50.5 Å². The van der Waals surface area contributed by atoms with Gasteiger partial charge in [-0.25, -0.2) is 0 Å². The molecule has 1 aliphatic carbocycles. The Hall–Kier alpha value is -1.55. The van der Waals surface area contributed by atoms with Crippen LogP contribution in [0.2, 0.25) is 0 Å². The van der Waals surface area contributed by atoms with Crippen LogP contribution in [0, 0.1) is 0 Å². The van der Waals surface area contributed by atoms with Crippen LogP contribution in [0.5, 0.6) is 0 Å². The lowest BCUT2D eigenvalue weighted by Crippen LogP contribution is -2.42. The molecule has 3 unspecified atom stereocenters. The van der Waals surface area contributed by atoms with E-state index < -0.39 is 0 Å². The molecular weight excluding hydrogens is 296 g/mol. The van der Waals surface area contributed by atoms with Crippen molar-refractivity contribution in [2.75, 3.05) is 26.7 Å². The molecule has 0 spiro atoms. The molecule has 3 rings (SSSR count). The molecule has 0 aromatic heterocycles. The van der Waals surface area contributed by atoms with Crippen molar-refractivity contribution in [1.82, 2.24) is 15.5 Å². The molecular formula is C20H32N4. The van der Waals surface area contributed by atoms with E-state index in [0.717, 1.165) is 18.5 Å². The van der Waals surface area contributed by atoms with E-state index in [2.05, 4.69) is 57.8 Å². The quantitative estimate of drug-likeness (QED) is 0.479. The van der Waals surface area contributed by atoms with E-state index in [1.807, 2.05) is 7.05 Å². The lowest BCUT2D eigenvalue weighted by atomic mass is 10.0. The van der Waals surface area contributed by atoms with Crippen LogP contribution in [-0.2, 0) is 0 Å². The van der Waals surface area contributed by atoms with E-state index in [1.54, 1.807) is 0 Å². The van der Waals surface area contributed by atoms with Gasteiger partial charge < -0.3 is 15.5 Å². The van der Waals surface area contributed by atoms with E-state index >= 15 is 0 Å². The molecule has 3 atom stereocenters. The van der Waals surface area contributed by atoms with Crippen LogP contribution < -0.4 is 10.6 Å². The predicted octanol–water partition coefficient (Wildman–Crippen LogP) is 2.97. The van der Waals surface area contributed by atoms with Crippen molar-refractivity contribution in [2.45, 2.75) is 57.0 Å². The Morgan fingerprint density at radius 2 is 2.08 bits per heavy atom. The minimum Gasteiger partial charge on any atom is -0.356 e. The summed E-state index contributed by atoms with van der Waals surface area (Å²) in [6.07, 6.45) is 6.51. The number of rotatable bonds is 6. The predicted molar refractivity (Wildman–Crippen MR) is 102 cm³/mol. The number of piperidine rings is 1. The molecule has 1 heterocycles. The smallest absolute Gasteiger partial charge is 0.191 e. The van der Waals surface area contributed by atoms with Gasteiger partial charge in [0, 0.05) is 38.1 Å². The highest BCUT2D eigenvalue weighted by molar-refractivity contribution is 5.80. The molecule has 2 N–H and O–H groups in total. The number of hydrogen-bond donors (Lipinski definition) is 2. The highest BCUT2D eigenvalue weighted by Crippen LogP contribution is 2.40. The SMILES string of the molecule is CN=C(NCCCN1CCCCC1C)NC1CC1c1ccccc1. The van der Waals surface area contributed by atoms with E-state index in [0.29, 0.717) is 12.0 Å². The van der Waals surface area contributed by atoms with Crippen molar-refractivity contribution in [3.8, 4) is 0 Å². The van der Waals surface area contributed by atoms with Crippen LogP contribution in [0.15, 0.2) is 35.3 Å². The van der Waals surface area contributed by atoms with Crippen LogP contribution in [-0.4, -0.2) is 49.6 Å². The van der Waals surface area contributed by atoms with Crippen molar-refractivity contribution in [2.24, 2.45) is 4.99 Å². The maximum Gasteiger partial charge on any atom is 0.191 e. The number of nitrogens with one attached hydrogen (secondary N) is 2. The van der Waals surface area contributed by atoms with Crippen molar-refractivity contribution in [3.05, 3.63) is 35.9 Å². The van der Waals surface area contributed by atoms with Crippen LogP contribution in [0.3, 0.4) is 0 Å². The van der Waals surface area contributed by atoms with Gasteiger partial charge in [0.05, 0.1) is 0 Å². The minimum atomic E-state index is 0.528. The number of likely N-dealkylation sites (tertiary alicyclic amines) is 1. The van der Waals surface area contributed by atoms with Gasteiger partial charge in [0.1, 0.15) is 0 Å². The van der Waals surface area contributed by atoms with E-state index in [-0.39, 0.29) is 0 Å². The molecule has 0 amide bonds. The molecule has 4 heteroatoms. The number of aliphatic imine (C=N–C) groups is 1. The Bertz CT molecular complexity index is 528. The number of guanidine groups is 1. The van der Waals surface area contributed by atoms with Crippen molar-refractivity contribution < 1.29 is 0 Å². The lowest BCUT2D eigenvalue weighted by Gasteiger charge is -2.33. The van der Waals surface area contributed by atoms with Gasteiger partial charge >= 0.3 is 0 Å². The largest absolute Gasteiger partial charge is 0.356 e. The first-order valence-corrected chi connectivity index (χ1v) is 9.54. The van der Waals surface area contributed by atoms with Gasteiger partial charge in [-0.1, -0.05) is 36.8 Å². The molecule has 1 saturated carbocycles. The number of hydrogen-bond acceptors (Lipinski definition) is 2. The van der Waals surface area contributed by atoms with Gasteiger partial charge in [0.15, 0.2) is 5.96 Å². The molecule has 24 heavy (non-hydrogen) atoms. The highest BCUT2D eigenvalue weighted by Gasteiger charge is 2.38. The third kappa shape index (κ3) is 4.73. The fourth-order valence-corrected chi connectivity index (χ4v) is 3.77. The number of nitrogens with zero attached hydrogens (tertiary/aromatic N) is 2. The molecule has 2 aliphatic rings. The van der Waals surface area contributed by atoms with Gasteiger partial charge in [-0.15, -0.1) is 0 Å². The monoisotopic (exact) mass is 328 g/mol. The third-order valence-electron chi connectivity index (χ3n) is 5.42. The highest BCUT2D eigenvalue weighted by atomic mass is 15.2. The Balaban J connectivity index is 1.34. The van der Waals surface area contributed by atoms with Gasteiger partial charge in [-0.3, -0.25) is 4.99 Å². The summed E-state index contributed by atoms with van der Waals surface area (Å²) >= 11 is 0. The molecule has 1 aliphatic heterocycles. The number of benzene rings is 1. The van der Waals surface area contributed by atoms with Crippen molar-refractivity contribution in [3.63, 3.8) is 0 Å². The zero-order valence-corrected chi connectivity index (χ0v) is 15.2. The van der Waals surface area contributed by atoms with Gasteiger partial charge in [-0.2, -0.15) is 0 Å². The standard InChI is InChI=1S/C20H32N4/c1-16-9-6-7-13-24(16)14-8-12-22-20(21-2)23-19-15-18(19)17-10-4-3-5-11-17/h3-5,10-11,16,18-19H,6-9,12-15H2,1-2H3,(H2,21,22,23). The third-order valence-corrected chi connectivity index (χ3v) is 5.42. The fraction of sp³-hybridized carbons (Fsp3) is 0.650. The van der Waals surface area contributed by atoms with Gasteiger partial charge in [-0.05, 0) is 44.7 Å². The van der Waals surface area contributed by atoms with Gasteiger partial charge in [0.25, 0.3) is 0 Å². The summed E-state index contributed by atoms with van der Waals surface area (Å²) in [6.45, 7) is 5.83. The molecule has 2 fully saturated rings. The second kappa shape index (κ2) is 8.52. The average Bonchev–Trinajstić information content (AvgIpc) is 3.39. The molecule has 1 aromatic rings. The zero-order valence-electron chi connectivity index (χ0n) is 15.2. The van der Waals surface area contributed by atoms with E-state index in [1.165, 1.54) is 50.8 Å². The average molecular weight is 329 g/mol. The first kappa shape index (κ1) is 17.3. The molecule has 0 bridgehead atoms. The summed E-state index contributed by atoms with van der Waals surface area (Å²) in [4.78, 5) is 7.01. The summed E-state index contributed by atoms with van der Waals surface area (Å²) in [7, 11) is 1.86. The maximum absolute atomic E-state index is 4.38. The molecule has 1 aromatic carbocycles. The Morgan fingerprint density at radius 3 is 2.83 bits per heavy atom. The van der Waals surface area contributed by atoms with Crippen LogP contribution >= 0.6 is 0 Å². The topological polar surface area (TPSA) is 39.7 Å². The Morgan fingerprint density at radius 1 is 1.25 bits per heavy atom. The van der Waals surface area contributed by atoms with Crippen LogP contribution in [0.25, 0.3) is 0 Å². The van der Waals surface area contributed by atoms with E-state index in [4.69, 9.17) is 0 Å². The van der Waals surface area contributed by atoms with E-state index in [9.17, 15) is 0 Å². The first-order chi connectivity index (χ1) is 11.8. The summed E-state index contributed by atoms with van der Waals surface area (Å²) in [6, 6.07) is 12.1. The minimum absolute atomic E-state index is 0.528. The molecule has 1 saturated heterocycles. The zero-order chi connectivity index (χ0) is 16.8. The summed E-state index contributed by atoms with van der Waals surface area (Å²) in [5.41, 5.74) is 1.43. The molecule has 0 radical (unpaired) electrons. The maximum atomic E-state index is 4.38. The van der Waals surface area contributed by atoms with Crippen molar-refractivity contribution in [1.29, 1.82) is 0 Å². The lowest BCUT2D eigenvalue weighted by molar-refractivity contribution is 0.159. The normalized spacial score (nSPS) is 27.8. The second-order valence-electron chi connectivity index (χ2n) is 7.24. The molecule has 132 valence electrons. The second-order valence-corrected chi connectivity index (χ2v) is 7.24. The van der Waals surface area contributed by atoms with Gasteiger partial charge in [0.2, 0.25) is 0 Å². The van der Waals surface area contributed by atoms with Crippen molar-refractivity contribution >= 4 is 5.96 Å². The van der Waals surface area contributed by atoms with Crippen LogP contribution in [0.4, 0.5) is 0 Å².